The van der Waals surface area contributed by atoms with E-state index in [0.717, 1.165) is 49.7 Å². The smallest absolute Gasteiger partial charge is 0.258 e. The highest BCUT2D eigenvalue weighted by Gasteiger charge is 2.30. The number of piperidine rings is 1. The Bertz CT molecular complexity index is 1400. The maximum Gasteiger partial charge on any atom is 0.258 e. The van der Waals surface area contributed by atoms with Crippen LogP contribution in [0.1, 0.15) is 34.3 Å². The molecule has 2 heterocycles. The van der Waals surface area contributed by atoms with Crippen molar-refractivity contribution in [3.8, 4) is 0 Å². The van der Waals surface area contributed by atoms with E-state index in [1.807, 2.05) is 60.8 Å². The number of anilines is 1. The molecule has 0 unspecified atom stereocenters. The minimum absolute atomic E-state index is 0.00914. The van der Waals surface area contributed by atoms with Crippen molar-refractivity contribution in [2.24, 2.45) is 5.92 Å². The fraction of sp³-hybridized carbons (Fsp3) is 0.312. The molecular weight excluding hydrogens is 472 g/mol. The summed E-state index contributed by atoms with van der Waals surface area (Å²) in [6.45, 7) is 2.80. The summed E-state index contributed by atoms with van der Waals surface area (Å²) in [5.41, 5.74) is 5.17. The molecule has 0 atom stereocenters. The second-order valence-electron chi connectivity index (χ2n) is 10.6. The first kappa shape index (κ1) is 24.4. The Labute approximate surface area is 223 Å². The van der Waals surface area contributed by atoms with E-state index in [1.54, 1.807) is 4.90 Å². The highest BCUT2D eigenvalue weighted by molar-refractivity contribution is 6.10. The van der Waals surface area contributed by atoms with Gasteiger partial charge in [0.25, 0.3) is 5.91 Å². The molecule has 1 saturated heterocycles. The molecule has 1 aromatic heterocycles. The number of hydrogen-bond donors (Lipinski definition) is 2. The van der Waals surface area contributed by atoms with Gasteiger partial charge in [0, 0.05) is 35.6 Å². The number of para-hydroxylation sites is 1. The number of carbonyl (C=O) groups is 2. The Balaban J connectivity index is 1.04. The van der Waals surface area contributed by atoms with Crippen LogP contribution in [0.15, 0.2) is 85.1 Å². The van der Waals surface area contributed by atoms with Crippen molar-refractivity contribution in [3.05, 3.63) is 102 Å². The average molecular weight is 507 g/mol. The van der Waals surface area contributed by atoms with E-state index < -0.39 is 0 Å². The van der Waals surface area contributed by atoms with Crippen molar-refractivity contribution in [2.75, 3.05) is 31.1 Å². The Kier molecular flexibility index (Phi) is 6.97. The number of hydrogen-bond acceptors (Lipinski definition) is 3. The van der Waals surface area contributed by atoms with Crippen molar-refractivity contribution in [3.63, 3.8) is 0 Å². The zero-order valence-electron chi connectivity index (χ0n) is 21.6. The first-order valence-electron chi connectivity index (χ1n) is 13.7. The van der Waals surface area contributed by atoms with Crippen LogP contribution in [0.25, 0.3) is 10.9 Å². The summed E-state index contributed by atoms with van der Waals surface area (Å²) in [5, 5.41) is 4.18. The third-order valence-corrected chi connectivity index (χ3v) is 8.20. The van der Waals surface area contributed by atoms with Crippen LogP contribution in [0.3, 0.4) is 0 Å². The Morgan fingerprint density at radius 1 is 0.895 bits per heavy atom. The normalized spacial score (nSPS) is 16.4. The molecular formula is C32H34N4O2. The predicted molar refractivity (Wildman–Crippen MR) is 151 cm³/mol. The quantitative estimate of drug-likeness (QED) is 0.378. The molecule has 1 fully saturated rings. The number of nitrogens with one attached hydrogen (secondary N) is 2. The third-order valence-electron chi connectivity index (χ3n) is 8.20. The molecule has 1 aliphatic carbocycles. The van der Waals surface area contributed by atoms with Crippen LogP contribution in [-0.2, 0) is 17.6 Å². The molecule has 6 nitrogen and oxygen atoms in total. The fourth-order valence-electron chi connectivity index (χ4n) is 6.00. The zero-order valence-corrected chi connectivity index (χ0v) is 21.6. The van der Waals surface area contributed by atoms with Crippen molar-refractivity contribution in [2.45, 2.75) is 31.7 Å². The molecule has 2 amide bonds. The number of benzene rings is 3. The number of likely N-dealkylation sites (tertiary alicyclic amines) is 1. The van der Waals surface area contributed by atoms with Gasteiger partial charge in [0.2, 0.25) is 5.91 Å². The van der Waals surface area contributed by atoms with E-state index in [1.165, 1.54) is 11.1 Å². The largest absolute Gasteiger partial charge is 0.361 e. The number of nitrogens with zero attached hydrogens (tertiary/aromatic N) is 2. The van der Waals surface area contributed by atoms with Crippen molar-refractivity contribution >= 4 is 28.4 Å². The van der Waals surface area contributed by atoms with Crippen molar-refractivity contribution < 1.29 is 9.59 Å². The van der Waals surface area contributed by atoms with Gasteiger partial charge in [0.15, 0.2) is 0 Å². The SMILES string of the molecule is O=C(CN(C(=O)c1ccc2cc[nH]c2c1)c1ccccc1)NCC1CCN(C2Cc3ccccc3C2)CC1. The second-order valence-corrected chi connectivity index (χ2v) is 10.6. The number of carbonyl (C=O) groups excluding carboxylic acids is 2. The molecule has 0 radical (unpaired) electrons. The van der Waals surface area contributed by atoms with Gasteiger partial charge in [-0.15, -0.1) is 0 Å². The molecule has 0 saturated carbocycles. The summed E-state index contributed by atoms with van der Waals surface area (Å²) < 4.78 is 0. The minimum Gasteiger partial charge on any atom is -0.361 e. The van der Waals surface area contributed by atoms with E-state index in [4.69, 9.17) is 0 Å². The average Bonchev–Trinajstić information content (AvgIpc) is 3.62. The van der Waals surface area contributed by atoms with E-state index in [2.05, 4.69) is 39.5 Å². The molecule has 4 aromatic rings. The number of rotatable bonds is 7. The summed E-state index contributed by atoms with van der Waals surface area (Å²) in [7, 11) is 0. The molecule has 194 valence electrons. The first-order chi connectivity index (χ1) is 18.6. The number of amides is 2. The highest BCUT2D eigenvalue weighted by Crippen LogP contribution is 2.28. The van der Waals surface area contributed by atoms with Crippen LogP contribution in [0.2, 0.25) is 0 Å². The third kappa shape index (κ3) is 5.22. The van der Waals surface area contributed by atoms with Gasteiger partial charge >= 0.3 is 0 Å². The summed E-state index contributed by atoms with van der Waals surface area (Å²) >= 11 is 0. The van der Waals surface area contributed by atoms with E-state index in [0.29, 0.717) is 29.8 Å². The lowest BCUT2D eigenvalue weighted by Crippen LogP contribution is -2.46. The summed E-state index contributed by atoms with van der Waals surface area (Å²) in [4.78, 5) is 33.9. The molecule has 38 heavy (non-hydrogen) atoms. The van der Waals surface area contributed by atoms with Crippen LogP contribution in [0, 0.1) is 5.92 Å². The lowest BCUT2D eigenvalue weighted by molar-refractivity contribution is -0.120. The Morgan fingerprint density at radius 3 is 2.34 bits per heavy atom. The van der Waals surface area contributed by atoms with Crippen LogP contribution in [0.5, 0.6) is 0 Å². The van der Waals surface area contributed by atoms with Gasteiger partial charge in [-0.25, -0.2) is 0 Å². The van der Waals surface area contributed by atoms with Crippen LogP contribution in [-0.4, -0.2) is 53.9 Å². The lowest BCUT2D eigenvalue weighted by atomic mass is 9.95. The second kappa shape index (κ2) is 10.8. The van der Waals surface area contributed by atoms with Gasteiger partial charge in [0.1, 0.15) is 6.54 Å². The maximum absolute atomic E-state index is 13.5. The topological polar surface area (TPSA) is 68.4 Å². The highest BCUT2D eigenvalue weighted by atomic mass is 16.2. The molecule has 2 N–H and O–H groups in total. The zero-order chi connectivity index (χ0) is 25.9. The molecule has 6 rings (SSSR count). The standard InChI is InChI=1S/C32H34N4O2/c37-31(34-21-23-13-16-35(17-14-23)29-18-25-6-4-5-7-26(25)19-29)22-36(28-8-2-1-3-9-28)32(38)27-11-10-24-12-15-33-30(24)20-27/h1-12,15,20,23,29,33H,13-14,16-19,21-22H2,(H,34,37). The van der Waals surface area contributed by atoms with Crippen molar-refractivity contribution in [1.82, 2.24) is 15.2 Å². The van der Waals surface area contributed by atoms with Gasteiger partial charge in [-0.2, -0.15) is 0 Å². The van der Waals surface area contributed by atoms with Gasteiger partial charge in [-0.3, -0.25) is 19.4 Å². The predicted octanol–water partition coefficient (Wildman–Crippen LogP) is 4.81. The molecule has 6 heteroatoms. The molecule has 3 aromatic carbocycles. The van der Waals surface area contributed by atoms with E-state index in [-0.39, 0.29) is 18.4 Å². The summed E-state index contributed by atoms with van der Waals surface area (Å²) in [5.74, 6) is 0.153. The van der Waals surface area contributed by atoms with Gasteiger partial charge < -0.3 is 10.3 Å². The van der Waals surface area contributed by atoms with Gasteiger partial charge in [-0.05, 0) is 91.5 Å². The molecule has 2 aliphatic rings. The van der Waals surface area contributed by atoms with E-state index in [9.17, 15) is 9.59 Å². The van der Waals surface area contributed by atoms with Crippen LogP contribution < -0.4 is 10.2 Å². The first-order valence-corrected chi connectivity index (χ1v) is 13.7. The number of fused-ring (bicyclic) bond motifs is 2. The summed E-state index contributed by atoms with van der Waals surface area (Å²) in [6, 6.07) is 26.4. The Morgan fingerprint density at radius 2 is 1.61 bits per heavy atom. The maximum atomic E-state index is 13.5. The lowest BCUT2D eigenvalue weighted by Gasteiger charge is -2.36. The van der Waals surface area contributed by atoms with Crippen LogP contribution in [0.4, 0.5) is 5.69 Å². The summed E-state index contributed by atoms with van der Waals surface area (Å²) in [6.07, 6.45) is 6.34. The minimum atomic E-state index is -0.186. The molecule has 0 bridgehead atoms. The monoisotopic (exact) mass is 506 g/mol. The number of aromatic nitrogens is 1. The molecule has 1 aliphatic heterocycles. The van der Waals surface area contributed by atoms with E-state index >= 15 is 0 Å². The number of H-pyrrole nitrogens is 1. The van der Waals surface area contributed by atoms with Gasteiger partial charge in [0.05, 0.1) is 0 Å². The van der Waals surface area contributed by atoms with Crippen LogP contribution >= 0.6 is 0 Å². The van der Waals surface area contributed by atoms with Gasteiger partial charge in [-0.1, -0.05) is 48.5 Å². The number of aromatic amines is 1. The Hall–Kier alpha value is -3.90. The fourth-order valence-corrected chi connectivity index (χ4v) is 6.00. The molecule has 0 spiro atoms. The van der Waals surface area contributed by atoms with Crippen molar-refractivity contribution in [1.29, 1.82) is 0 Å².